The number of para-hydroxylation sites is 1. The Morgan fingerprint density at radius 3 is 2.52 bits per heavy atom. The zero-order chi connectivity index (χ0) is 18.5. The molecular weight excluding hydrogens is 342 g/mol. The summed E-state index contributed by atoms with van der Waals surface area (Å²) in [4.78, 5) is 12.7. The number of rotatable bonds is 5. The van der Waals surface area contributed by atoms with Gasteiger partial charge >= 0.3 is 0 Å². The molecule has 27 heavy (non-hydrogen) atoms. The smallest absolute Gasteiger partial charge is 0.267 e. The number of ether oxygens (including phenoxy) is 2. The third kappa shape index (κ3) is 4.18. The molecule has 2 aliphatic heterocycles. The summed E-state index contributed by atoms with van der Waals surface area (Å²) in [5.41, 5.74) is 2.64. The van der Waals surface area contributed by atoms with Gasteiger partial charge in [0.2, 0.25) is 0 Å². The molecular formula is C21H23N3O3. The van der Waals surface area contributed by atoms with Crippen molar-refractivity contribution in [1.82, 2.24) is 5.32 Å². The van der Waals surface area contributed by atoms with Crippen molar-refractivity contribution in [2.75, 3.05) is 31.4 Å². The third-order valence-electron chi connectivity index (χ3n) is 4.75. The number of nitrogens with one attached hydrogen (secondary N) is 1. The number of amides is 1. The largest absolute Gasteiger partial charge is 0.376 e. The number of carbonyl (C=O) groups is 1. The Morgan fingerprint density at radius 2 is 1.81 bits per heavy atom. The van der Waals surface area contributed by atoms with Gasteiger partial charge < -0.3 is 14.8 Å². The molecule has 2 aromatic carbocycles. The summed E-state index contributed by atoms with van der Waals surface area (Å²) < 4.78 is 11.0. The van der Waals surface area contributed by atoms with Crippen LogP contribution in [0, 0.1) is 0 Å². The predicted molar refractivity (Wildman–Crippen MR) is 104 cm³/mol. The molecule has 140 valence electrons. The molecule has 1 saturated heterocycles. The van der Waals surface area contributed by atoms with Crippen LogP contribution >= 0.6 is 0 Å². The van der Waals surface area contributed by atoms with Crippen LogP contribution in [-0.4, -0.2) is 44.1 Å². The van der Waals surface area contributed by atoms with E-state index in [0.29, 0.717) is 38.5 Å². The lowest BCUT2D eigenvalue weighted by Crippen LogP contribution is -2.41. The Bertz CT molecular complexity index is 789. The monoisotopic (exact) mass is 365 g/mol. The van der Waals surface area contributed by atoms with Crippen LogP contribution in [0.2, 0.25) is 0 Å². The van der Waals surface area contributed by atoms with Crippen molar-refractivity contribution in [2.24, 2.45) is 5.10 Å². The number of benzene rings is 2. The van der Waals surface area contributed by atoms with Crippen LogP contribution in [0.25, 0.3) is 0 Å². The van der Waals surface area contributed by atoms with Crippen LogP contribution in [-0.2, 0) is 14.3 Å². The van der Waals surface area contributed by atoms with Crippen LogP contribution in [0.5, 0.6) is 0 Å². The van der Waals surface area contributed by atoms with Gasteiger partial charge in [0.25, 0.3) is 5.91 Å². The summed E-state index contributed by atoms with van der Waals surface area (Å²) in [6.45, 7) is 2.12. The Morgan fingerprint density at radius 1 is 1.07 bits per heavy atom. The van der Waals surface area contributed by atoms with Crippen molar-refractivity contribution < 1.29 is 14.3 Å². The first-order valence-electron chi connectivity index (χ1n) is 9.25. The van der Waals surface area contributed by atoms with E-state index < -0.39 is 0 Å². The van der Waals surface area contributed by atoms with Gasteiger partial charge in [-0.15, -0.1) is 0 Å². The highest BCUT2D eigenvalue weighted by Crippen LogP contribution is 2.34. The van der Waals surface area contributed by atoms with Crippen molar-refractivity contribution in [1.29, 1.82) is 0 Å². The zero-order valence-electron chi connectivity index (χ0n) is 15.1. The fourth-order valence-electron chi connectivity index (χ4n) is 3.36. The average molecular weight is 365 g/mol. The Hall–Kier alpha value is -2.70. The van der Waals surface area contributed by atoms with E-state index in [1.54, 1.807) is 0 Å². The van der Waals surface area contributed by atoms with Gasteiger partial charge in [-0.25, -0.2) is 0 Å². The van der Waals surface area contributed by atoms with Gasteiger partial charge in [0.05, 0.1) is 37.7 Å². The lowest BCUT2D eigenvalue weighted by Gasteiger charge is -2.23. The number of anilines is 1. The zero-order valence-corrected chi connectivity index (χ0v) is 15.1. The number of hydrazone groups is 1. The minimum atomic E-state index is -0.150. The molecule has 6 nitrogen and oxygen atoms in total. The minimum Gasteiger partial charge on any atom is -0.376 e. The highest BCUT2D eigenvalue weighted by Gasteiger charge is 2.32. The molecule has 4 rings (SSSR count). The molecule has 2 atom stereocenters. The molecule has 0 aromatic heterocycles. The molecule has 6 heteroatoms. The molecule has 0 spiro atoms. The van der Waals surface area contributed by atoms with Gasteiger partial charge in [-0.05, 0) is 17.7 Å². The molecule has 2 heterocycles. The molecule has 1 fully saturated rings. The Kier molecular flexibility index (Phi) is 5.46. The number of nitrogens with zero attached hydrogens (tertiary/aromatic N) is 2. The summed E-state index contributed by atoms with van der Waals surface area (Å²) in [5, 5.41) is 9.52. The third-order valence-corrected chi connectivity index (χ3v) is 4.75. The van der Waals surface area contributed by atoms with Gasteiger partial charge in [-0.3, -0.25) is 9.80 Å². The number of hydrogen-bond acceptors (Lipinski definition) is 5. The molecule has 1 amide bonds. The van der Waals surface area contributed by atoms with E-state index in [2.05, 4.69) is 22.6 Å². The van der Waals surface area contributed by atoms with Crippen molar-refractivity contribution >= 4 is 17.3 Å². The van der Waals surface area contributed by atoms with E-state index in [1.165, 1.54) is 0 Å². The highest BCUT2D eigenvalue weighted by molar-refractivity contribution is 6.39. The second-order valence-corrected chi connectivity index (χ2v) is 6.64. The lowest BCUT2D eigenvalue weighted by atomic mass is 10.0. The van der Waals surface area contributed by atoms with Crippen LogP contribution in [0.4, 0.5) is 5.69 Å². The van der Waals surface area contributed by atoms with E-state index >= 15 is 0 Å². The molecule has 2 aromatic rings. The molecule has 1 N–H and O–H groups in total. The quantitative estimate of drug-likeness (QED) is 0.884. The average Bonchev–Trinajstić information content (AvgIpc) is 3.20. The summed E-state index contributed by atoms with van der Waals surface area (Å²) in [6.07, 6.45) is 0.465. The van der Waals surface area contributed by atoms with Crippen molar-refractivity contribution in [3.63, 3.8) is 0 Å². The van der Waals surface area contributed by atoms with E-state index in [4.69, 9.17) is 9.47 Å². The molecule has 0 radical (unpaired) electrons. The van der Waals surface area contributed by atoms with E-state index in [9.17, 15) is 4.79 Å². The van der Waals surface area contributed by atoms with Crippen molar-refractivity contribution in [3.05, 3.63) is 66.2 Å². The van der Waals surface area contributed by atoms with Crippen LogP contribution in [0.1, 0.15) is 18.0 Å². The van der Waals surface area contributed by atoms with Gasteiger partial charge in [0, 0.05) is 13.0 Å². The van der Waals surface area contributed by atoms with Gasteiger partial charge in [0.1, 0.15) is 5.71 Å². The van der Waals surface area contributed by atoms with Crippen LogP contribution in [0.3, 0.4) is 0 Å². The molecule has 0 saturated carbocycles. The normalized spacial score (nSPS) is 22.4. The summed E-state index contributed by atoms with van der Waals surface area (Å²) in [7, 11) is 0. The van der Waals surface area contributed by atoms with E-state index in [0.717, 1.165) is 11.3 Å². The second kappa shape index (κ2) is 8.33. The SMILES string of the molecule is O=C(NC[C@H]1COCCO1)C1=NN(c2ccccc2)[C@@H](c2ccccc2)C1. The first-order chi connectivity index (χ1) is 13.3. The fraction of sp³-hybridized carbons (Fsp3) is 0.333. The number of carbonyl (C=O) groups excluding carboxylic acids is 1. The van der Waals surface area contributed by atoms with Crippen molar-refractivity contribution in [2.45, 2.75) is 18.6 Å². The first kappa shape index (κ1) is 17.7. The Labute approximate surface area is 158 Å². The van der Waals surface area contributed by atoms with Crippen LogP contribution < -0.4 is 10.3 Å². The van der Waals surface area contributed by atoms with Gasteiger partial charge in [0.15, 0.2) is 0 Å². The standard InChI is InChI=1S/C21H23N3O3/c25-21(22-14-18-15-26-11-12-27-18)19-13-20(16-7-3-1-4-8-16)24(23-19)17-9-5-2-6-10-17/h1-10,18,20H,11-15H2,(H,22,25)/t18-,20+/m0/s1. The summed E-state index contributed by atoms with van der Waals surface area (Å²) >= 11 is 0. The predicted octanol–water partition coefficient (Wildman–Crippen LogP) is 2.53. The first-order valence-corrected chi connectivity index (χ1v) is 9.25. The maximum atomic E-state index is 12.7. The van der Waals surface area contributed by atoms with E-state index in [-0.39, 0.29) is 18.1 Å². The topological polar surface area (TPSA) is 63.2 Å². The summed E-state index contributed by atoms with van der Waals surface area (Å²) in [6, 6.07) is 20.1. The lowest BCUT2D eigenvalue weighted by molar-refractivity contribution is -0.118. The summed E-state index contributed by atoms with van der Waals surface area (Å²) in [5.74, 6) is -0.150. The van der Waals surface area contributed by atoms with Crippen molar-refractivity contribution in [3.8, 4) is 0 Å². The Balaban J connectivity index is 1.50. The molecule has 0 aliphatic carbocycles. The number of hydrogen-bond donors (Lipinski definition) is 1. The minimum absolute atomic E-state index is 0.00335. The molecule has 2 aliphatic rings. The fourth-order valence-corrected chi connectivity index (χ4v) is 3.36. The van der Waals surface area contributed by atoms with Gasteiger partial charge in [-0.1, -0.05) is 48.5 Å². The molecule has 0 bridgehead atoms. The van der Waals surface area contributed by atoms with E-state index in [1.807, 2.05) is 53.5 Å². The maximum absolute atomic E-state index is 12.7. The molecule has 0 unspecified atom stereocenters. The maximum Gasteiger partial charge on any atom is 0.267 e. The second-order valence-electron chi connectivity index (χ2n) is 6.64. The van der Waals surface area contributed by atoms with Gasteiger partial charge in [-0.2, -0.15) is 5.10 Å². The highest BCUT2D eigenvalue weighted by atomic mass is 16.6. The van der Waals surface area contributed by atoms with Crippen LogP contribution in [0.15, 0.2) is 65.8 Å².